The van der Waals surface area contributed by atoms with Gasteiger partial charge in [-0.05, 0) is 43.2 Å². The Morgan fingerprint density at radius 3 is 2.72 bits per heavy atom. The second-order valence-corrected chi connectivity index (χ2v) is 7.81. The first-order valence-corrected chi connectivity index (χ1v) is 10.4. The van der Waals surface area contributed by atoms with Crippen LogP contribution in [0.1, 0.15) is 24.1 Å². The molecule has 0 spiro atoms. The number of rotatable bonds is 6. The maximum Gasteiger partial charge on any atom is 0.191 e. The third kappa shape index (κ3) is 7.42. The van der Waals surface area contributed by atoms with Gasteiger partial charge in [0, 0.05) is 55.5 Å². The number of hydrogen-bond donors (Lipinski definition) is 2. The van der Waals surface area contributed by atoms with Crippen LogP contribution in [0.3, 0.4) is 0 Å². The summed E-state index contributed by atoms with van der Waals surface area (Å²) in [6.07, 6.45) is 4.04. The third-order valence-corrected chi connectivity index (χ3v) is 5.45. The summed E-state index contributed by atoms with van der Waals surface area (Å²) in [5.74, 6) is 1.69. The highest BCUT2D eigenvalue weighted by atomic mass is 127. The summed E-state index contributed by atoms with van der Waals surface area (Å²) in [5.41, 5.74) is 2.22. The number of piperidine rings is 1. The fraction of sp³-hybridized carbons (Fsp3) is 0.429. The van der Waals surface area contributed by atoms with Gasteiger partial charge in [-0.15, -0.1) is 24.0 Å². The number of aliphatic imine (C=N–C) groups is 1. The summed E-state index contributed by atoms with van der Waals surface area (Å²) >= 11 is 3.52. The summed E-state index contributed by atoms with van der Waals surface area (Å²) in [5, 5.41) is 6.96. The highest BCUT2D eigenvalue weighted by Gasteiger charge is 2.20. The lowest BCUT2D eigenvalue weighted by Crippen LogP contribution is -2.48. The van der Waals surface area contributed by atoms with E-state index in [9.17, 15) is 0 Å². The van der Waals surface area contributed by atoms with Crippen LogP contribution >= 0.6 is 39.9 Å². The van der Waals surface area contributed by atoms with E-state index < -0.39 is 0 Å². The number of aromatic nitrogens is 1. The Morgan fingerprint density at radius 1 is 1.28 bits per heavy atom. The average molecular weight is 574 g/mol. The van der Waals surface area contributed by atoms with Gasteiger partial charge in [-0.2, -0.15) is 0 Å². The Morgan fingerprint density at radius 2 is 2.07 bits per heavy atom. The van der Waals surface area contributed by atoms with E-state index in [-0.39, 0.29) is 24.0 Å². The van der Waals surface area contributed by atoms with E-state index in [0.717, 1.165) is 59.9 Å². The minimum absolute atomic E-state index is 0. The molecule has 1 aliphatic heterocycles. The van der Waals surface area contributed by atoms with Gasteiger partial charge >= 0.3 is 0 Å². The van der Waals surface area contributed by atoms with Gasteiger partial charge in [-0.25, -0.2) is 0 Å². The van der Waals surface area contributed by atoms with Crippen molar-refractivity contribution in [1.82, 2.24) is 20.5 Å². The molecule has 0 saturated carbocycles. The zero-order valence-corrected chi connectivity index (χ0v) is 20.8. The van der Waals surface area contributed by atoms with E-state index >= 15 is 0 Å². The fourth-order valence-electron chi connectivity index (χ4n) is 3.41. The molecule has 1 aromatic heterocycles. The van der Waals surface area contributed by atoms with Gasteiger partial charge < -0.3 is 15.4 Å². The van der Waals surface area contributed by atoms with E-state index in [1.54, 1.807) is 7.11 Å². The van der Waals surface area contributed by atoms with Gasteiger partial charge in [0.25, 0.3) is 0 Å². The van der Waals surface area contributed by atoms with Crippen LogP contribution in [0.2, 0.25) is 0 Å². The number of halogens is 2. The monoisotopic (exact) mass is 573 g/mol. The molecule has 0 bridgehead atoms. The first-order valence-electron chi connectivity index (χ1n) is 9.60. The van der Waals surface area contributed by atoms with Crippen molar-refractivity contribution in [1.29, 1.82) is 0 Å². The minimum atomic E-state index is 0. The first-order chi connectivity index (χ1) is 13.7. The lowest BCUT2D eigenvalue weighted by molar-refractivity contribution is 0.196. The topological polar surface area (TPSA) is 61.8 Å². The number of ether oxygens (including phenoxy) is 1. The first kappa shape index (κ1) is 23.9. The Labute approximate surface area is 198 Å². The van der Waals surface area contributed by atoms with Gasteiger partial charge in [0.1, 0.15) is 5.75 Å². The van der Waals surface area contributed by atoms with Gasteiger partial charge in [-0.3, -0.25) is 14.9 Å². The second kappa shape index (κ2) is 12.3. The molecule has 1 saturated heterocycles. The van der Waals surface area contributed by atoms with Crippen LogP contribution in [0.25, 0.3) is 0 Å². The molecule has 1 aliphatic rings. The normalized spacial score (nSPS) is 15.5. The molecule has 2 N–H and O–H groups in total. The molecule has 0 atom stereocenters. The number of methoxy groups -OCH3 is 1. The van der Waals surface area contributed by atoms with Crippen molar-refractivity contribution in [2.45, 2.75) is 32.0 Å². The van der Waals surface area contributed by atoms with Gasteiger partial charge in [0.15, 0.2) is 5.96 Å². The minimum Gasteiger partial charge on any atom is -0.496 e. The van der Waals surface area contributed by atoms with E-state index in [0.29, 0.717) is 12.6 Å². The lowest BCUT2D eigenvalue weighted by Gasteiger charge is -2.32. The van der Waals surface area contributed by atoms with Crippen LogP contribution in [0.5, 0.6) is 5.75 Å². The molecular weight excluding hydrogens is 545 g/mol. The molecule has 1 aromatic carbocycles. The Bertz CT molecular complexity index is 782. The summed E-state index contributed by atoms with van der Waals surface area (Å²) in [7, 11) is 3.50. The van der Waals surface area contributed by atoms with Crippen LogP contribution < -0.4 is 15.4 Å². The van der Waals surface area contributed by atoms with Crippen molar-refractivity contribution in [3.63, 3.8) is 0 Å². The molecule has 29 heavy (non-hydrogen) atoms. The average Bonchev–Trinajstić information content (AvgIpc) is 2.73. The van der Waals surface area contributed by atoms with Crippen LogP contribution in [-0.4, -0.2) is 49.1 Å². The molecular formula is C21H29BrIN5O. The molecule has 0 unspecified atom stereocenters. The van der Waals surface area contributed by atoms with E-state index in [1.807, 2.05) is 37.5 Å². The number of hydrogen-bond acceptors (Lipinski definition) is 4. The van der Waals surface area contributed by atoms with Crippen molar-refractivity contribution in [3.8, 4) is 5.75 Å². The molecule has 0 amide bonds. The molecule has 8 heteroatoms. The summed E-state index contributed by atoms with van der Waals surface area (Å²) < 4.78 is 6.48. The molecule has 0 aliphatic carbocycles. The van der Waals surface area contributed by atoms with E-state index in [4.69, 9.17) is 4.74 Å². The molecule has 6 nitrogen and oxygen atoms in total. The molecule has 1 fully saturated rings. The van der Waals surface area contributed by atoms with Crippen molar-refractivity contribution in [3.05, 3.63) is 58.3 Å². The van der Waals surface area contributed by atoms with Gasteiger partial charge in [0.05, 0.1) is 12.8 Å². The van der Waals surface area contributed by atoms with Crippen molar-refractivity contribution >= 4 is 45.9 Å². The summed E-state index contributed by atoms with van der Waals surface area (Å²) in [6.45, 7) is 3.69. The van der Waals surface area contributed by atoms with E-state index in [2.05, 4.69) is 53.6 Å². The number of likely N-dealkylation sites (tertiary alicyclic amines) is 1. The molecule has 0 radical (unpaired) electrons. The quantitative estimate of drug-likeness (QED) is 0.313. The SMILES string of the molecule is CN=C(NCc1cc(Br)ccc1OC)NC1CCN(Cc2ccccn2)CC1.I. The molecule has 158 valence electrons. The van der Waals surface area contributed by atoms with Gasteiger partial charge in [0.2, 0.25) is 0 Å². The van der Waals surface area contributed by atoms with Crippen LogP contribution in [-0.2, 0) is 13.1 Å². The Hall–Kier alpha value is -1.39. The summed E-state index contributed by atoms with van der Waals surface area (Å²) in [4.78, 5) is 11.3. The third-order valence-electron chi connectivity index (χ3n) is 4.95. The van der Waals surface area contributed by atoms with E-state index in [1.165, 1.54) is 0 Å². The highest BCUT2D eigenvalue weighted by Crippen LogP contribution is 2.22. The van der Waals surface area contributed by atoms with Crippen LogP contribution in [0.4, 0.5) is 0 Å². The predicted octanol–water partition coefficient (Wildman–Crippen LogP) is 3.80. The highest BCUT2D eigenvalue weighted by molar-refractivity contribution is 14.0. The molecule has 2 heterocycles. The fourth-order valence-corrected chi connectivity index (χ4v) is 3.82. The number of nitrogens with zero attached hydrogens (tertiary/aromatic N) is 3. The van der Waals surface area contributed by atoms with Crippen molar-refractivity contribution in [2.75, 3.05) is 27.2 Å². The number of pyridine rings is 1. The Kier molecular flexibility index (Phi) is 10.2. The molecule has 2 aromatic rings. The van der Waals surface area contributed by atoms with Crippen LogP contribution in [0, 0.1) is 0 Å². The Balaban J connectivity index is 0.00000300. The second-order valence-electron chi connectivity index (χ2n) is 6.90. The number of benzene rings is 1. The zero-order chi connectivity index (χ0) is 19.8. The van der Waals surface area contributed by atoms with Crippen LogP contribution in [0.15, 0.2) is 52.1 Å². The number of nitrogens with one attached hydrogen (secondary N) is 2. The van der Waals surface area contributed by atoms with Crippen molar-refractivity contribution in [2.24, 2.45) is 4.99 Å². The van der Waals surface area contributed by atoms with Gasteiger partial charge in [-0.1, -0.05) is 22.0 Å². The largest absolute Gasteiger partial charge is 0.496 e. The lowest BCUT2D eigenvalue weighted by atomic mass is 10.0. The van der Waals surface area contributed by atoms with Crippen molar-refractivity contribution < 1.29 is 4.74 Å². The standard InChI is InChI=1S/C21H28BrN5O.HI/c1-23-21(25-14-16-13-17(22)6-7-20(16)28-2)26-18-8-11-27(12-9-18)15-19-5-3-4-10-24-19;/h3-7,10,13,18H,8-9,11-12,14-15H2,1-2H3,(H2,23,25,26);1H. The summed E-state index contributed by atoms with van der Waals surface area (Å²) in [6, 6.07) is 12.5. The predicted molar refractivity (Wildman–Crippen MR) is 132 cm³/mol. The molecule has 3 rings (SSSR count). The smallest absolute Gasteiger partial charge is 0.191 e. The maximum atomic E-state index is 5.45. The number of guanidine groups is 1. The maximum absolute atomic E-state index is 5.45. The zero-order valence-electron chi connectivity index (χ0n) is 16.9.